The van der Waals surface area contributed by atoms with Crippen molar-refractivity contribution < 1.29 is 9.53 Å². The summed E-state index contributed by atoms with van der Waals surface area (Å²) < 4.78 is 8.47. The minimum Gasteiger partial charge on any atom is -0.372 e. The van der Waals surface area contributed by atoms with Crippen LogP contribution < -0.4 is 10.6 Å². The fraction of sp³-hybridized carbons (Fsp3) is 0.321. The topological polar surface area (TPSA) is 81.1 Å². The average molecular weight is 470 g/mol. The number of amides is 1. The average Bonchev–Trinajstić information content (AvgIpc) is 3.35. The molecule has 7 nitrogen and oxygen atoms in total. The van der Waals surface area contributed by atoms with Crippen LogP contribution in [0.15, 0.2) is 72.9 Å². The van der Waals surface area contributed by atoms with Crippen molar-refractivity contribution in [1.82, 2.24) is 20.3 Å². The number of fused-ring (bicyclic) bond motifs is 1. The molecule has 1 aliphatic rings. The van der Waals surface area contributed by atoms with Gasteiger partial charge in [0.2, 0.25) is 5.91 Å². The van der Waals surface area contributed by atoms with Crippen LogP contribution in [0, 0.1) is 0 Å². The van der Waals surface area contributed by atoms with E-state index >= 15 is 0 Å². The molecule has 0 spiro atoms. The summed E-state index contributed by atoms with van der Waals surface area (Å²) >= 11 is 0. The number of carbonyl (C=O) groups excluding carboxylic acids is 1. The number of nitrogens with zero attached hydrogens (tertiary/aromatic N) is 3. The van der Waals surface area contributed by atoms with Gasteiger partial charge in [-0.3, -0.25) is 4.79 Å². The fourth-order valence-electron chi connectivity index (χ4n) is 4.79. The summed E-state index contributed by atoms with van der Waals surface area (Å²) in [6.07, 6.45) is 3.78. The van der Waals surface area contributed by atoms with Crippen molar-refractivity contribution in [1.29, 1.82) is 0 Å². The van der Waals surface area contributed by atoms with Gasteiger partial charge in [0.1, 0.15) is 0 Å². The zero-order valence-electron chi connectivity index (χ0n) is 20.0. The van der Waals surface area contributed by atoms with Crippen molar-refractivity contribution in [3.05, 3.63) is 89.7 Å². The number of hydrogen-bond acceptors (Lipinski definition) is 5. The van der Waals surface area contributed by atoms with Gasteiger partial charge in [0.25, 0.3) is 0 Å². The van der Waals surface area contributed by atoms with E-state index in [9.17, 15) is 4.79 Å². The molecule has 5 rings (SSSR count). The number of ether oxygens (including phenoxy) is 1. The molecule has 0 saturated carbocycles. The Morgan fingerprint density at radius 2 is 1.89 bits per heavy atom. The van der Waals surface area contributed by atoms with Crippen LogP contribution in [0.1, 0.15) is 36.1 Å². The Kier molecular flexibility index (Phi) is 7.16. The lowest BCUT2D eigenvalue weighted by atomic mass is 9.91. The van der Waals surface area contributed by atoms with Gasteiger partial charge in [0.05, 0.1) is 24.6 Å². The highest BCUT2D eigenvalue weighted by molar-refractivity contribution is 5.88. The second-order valence-electron chi connectivity index (χ2n) is 9.14. The maximum Gasteiger partial charge on any atom is 0.221 e. The van der Waals surface area contributed by atoms with Crippen LogP contribution in [-0.4, -0.2) is 40.1 Å². The number of anilines is 1. The smallest absolute Gasteiger partial charge is 0.221 e. The molecule has 1 aromatic heterocycles. The number of carbonyl (C=O) groups is 1. The highest BCUT2D eigenvalue weighted by Gasteiger charge is 2.30. The SMILES string of the molecule is CC(=O)Nc1ccc(CCn2nncc2[C@H]2CCNC[C@@H]2OCc2ccc3ccccc3c2)cc1. The number of aryl methyl sites for hydroxylation is 2. The molecular formula is C28H31N5O2. The van der Waals surface area contributed by atoms with Gasteiger partial charge >= 0.3 is 0 Å². The van der Waals surface area contributed by atoms with Crippen molar-refractivity contribution in [2.45, 2.75) is 44.9 Å². The molecule has 7 heteroatoms. The monoisotopic (exact) mass is 469 g/mol. The molecule has 2 heterocycles. The minimum atomic E-state index is -0.0654. The molecule has 1 fully saturated rings. The number of benzene rings is 3. The summed E-state index contributed by atoms with van der Waals surface area (Å²) in [5, 5.41) is 17.4. The van der Waals surface area contributed by atoms with E-state index in [0.717, 1.165) is 43.9 Å². The number of piperidine rings is 1. The van der Waals surface area contributed by atoms with E-state index in [4.69, 9.17) is 4.74 Å². The minimum absolute atomic E-state index is 0.0596. The predicted octanol–water partition coefficient (Wildman–Crippen LogP) is 4.29. The van der Waals surface area contributed by atoms with E-state index in [0.29, 0.717) is 6.61 Å². The molecule has 0 aliphatic carbocycles. The Morgan fingerprint density at radius 3 is 2.71 bits per heavy atom. The normalized spacial score (nSPS) is 18.0. The molecule has 1 amide bonds. The zero-order chi connectivity index (χ0) is 24.0. The lowest BCUT2D eigenvalue weighted by Gasteiger charge is -2.32. The third kappa shape index (κ3) is 5.75. The Morgan fingerprint density at radius 1 is 1.09 bits per heavy atom. The standard InChI is InChI=1S/C28H31N5O2/c1-20(34)31-25-10-7-21(8-11-25)13-15-33-27(17-30-32-33)26-12-14-29-18-28(26)35-19-22-6-9-23-4-2-3-5-24(23)16-22/h2-11,16-17,26,28-29H,12-15,18-19H2,1H3,(H,31,34)/t26-,28+/m1/s1. The molecule has 0 radical (unpaired) electrons. The third-order valence-corrected chi connectivity index (χ3v) is 6.62. The van der Waals surface area contributed by atoms with Crippen LogP contribution >= 0.6 is 0 Å². The van der Waals surface area contributed by atoms with Gasteiger partial charge in [-0.25, -0.2) is 4.68 Å². The molecule has 2 N–H and O–H groups in total. The summed E-state index contributed by atoms with van der Waals surface area (Å²) in [6.45, 7) is 4.61. The van der Waals surface area contributed by atoms with Crippen LogP contribution in [0.5, 0.6) is 0 Å². The molecule has 180 valence electrons. The first kappa shape index (κ1) is 23.2. The van der Waals surface area contributed by atoms with E-state index in [1.165, 1.54) is 28.8 Å². The lowest BCUT2D eigenvalue weighted by molar-refractivity contribution is -0.114. The quantitative estimate of drug-likeness (QED) is 0.402. The van der Waals surface area contributed by atoms with Crippen LogP contribution in [0.2, 0.25) is 0 Å². The van der Waals surface area contributed by atoms with Gasteiger partial charge < -0.3 is 15.4 Å². The van der Waals surface area contributed by atoms with E-state index in [2.05, 4.69) is 63.4 Å². The maximum atomic E-state index is 11.2. The molecule has 0 bridgehead atoms. The highest BCUT2D eigenvalue weighted by atomic mass is 16.5. The number of hydrogen-bond donors (Lipinski definition) is 2. The molecule has 1 saturated heterocycles. The molecule has 0 unspecified atom stereocenters. The summed E-state index contributed by atoms with van der Waals surface area (Å²) in [4.78, 5) is 11.2. The first-order valence-corrected chi connectivity index (χ1v) is 12.2. The van der Waals surface area contributed by atoms with Gasteiger partial charge in [-0.2, -0.15) is 0 Å². The Labute approximate surface area is 205 Å². The summed E-state index contributed by atoms with van der Waals surface area (Å²) in [6, 6.07) is 22.9. The van der Waals surface area contributed by atoms with E-state index in [-0.39, 0.29) is 17.9 Å². The zero-order valence-corrected chi connectivity index (χ0v) is 20.0. The van der Waals surface area contributed by atoms with Gasteiger partial charge in [-0.15, -0.1) is 5.10 Å². The van der Waals surface area contributed by atoms with Gasteiger partial charge in [-0.05, 0) is 59.5 Å². The second-order valence-corrected chi connectivity index (χ2v) is 9.14. The summed E-state index contributed by atoms with van der Waals surface area (Å²) in [7, 11) is 0. The number of aromatic nitrogens is 3. The lowest BCUT2D eigenvalue weighted by Crippen LogP contribution is -2.41. The van der Waals surface area contributed by atoms with Crippen molar-refractivity contribution in [2.75, 3.05) is 18.4 Å². The number of rotatable bonds is 8. The second kappa shape index (κ2) is 10.8. The largest absolute Gasteiger partial charge is 0.372 e. The Bertz CT molecular complexity index is 1280. The van der Waals surface area contributed by atoms with Gasteiger partial charge in [0.15, 0.2) is 0 Å². The van der Waals surface area contributed by atoms with E-state index in [1.54, 1.807) is 0 Å². The predicted molar refractivity (Wildman–Crippen MR) is 137 cm³/mol. The molecule has 3 aromatic carbocycles. The molecular weight excluding hydrogens is 438 g/mol. The highest BCUT2D eigenvalue weighted by Crippen LogP contribution is 2.28. The van der Waals surface area contributed by atoms with Gasteiger partial charge in [-0.1, -0.05) is 53.7 Å². The van der Waals surface area contributed by atoms with Crippen molar-refractivity contribution in [2.24, 2.45) is 0 Å². The number of nitrogens with one attached hydrogen (secondary N) is 2. The molecule has 35 heavy (non-hydrogen) atoms. The van der Waals surface area contributed by atoms with Crippen LogP contribution in [0.3, 0.4) is 0 Å². The van der Waals surface area contributed by atoms with Crippen molar-refractivity contribution in [3.8, 4) is 0 Å². The Balaban J connectivity index is 1.23. The fourth-order valence-corrected chi connectivity index (χ4v) is 4.79. The molecule has 4 aromatic rings. The first-order chi connectivity index (χ1) is 17.2. The molecule has 2 atom stereocenters. The van der Waals surface area contributed by atoms with Crippen LogP contribution in [0.25, 0.3) is 10.8 Å². The maximum absolute atomic E-state index is 11.2. The third-order valence-electron chi connectivity index (χ3n) is 6.62. The van der Waals surface area contributed by atoms with Crippen LogP contribution in [0.4, 0.5) is 5.69 Å². The van der Waals surface area contributed by atoms with E-state index in [1.807, 2.05) is 35.1 Å². The molecule has 1 aliphatic heterocycles. The summed E-state index contributed by atoms with van der Waals surface area (Å²) in [5.74, 6) is 0.179. The first-order valence-electron chi connectivity index (χ1n) is 12.2. The Hall–Kier alpha value is -3.55. The summed E-state index contributed by atoms with van der Waals surface area (Å²) in [5.41, 5.74) is 4.31. The van der Waals surface area contributed by atoms with Crippen molar-refractivity contribution >= 4 is 22.4 Å². The van der Waals surface area contributed by atoms with Crippen molar-refractivity contribution in [3.63, 3.8) is 0 Å². The van der Waals surface area contributed by atoms with Gasteiger partial charge in [0, 0.05) is 31.6 Å². The van der Waals surface area contributed by atoms with E-state index < -0.39 is 0 Å². The van der Waals surface area contributed by atoms with Crippen LogP contribution in [-0.2, 0) is 29.1 Å².